The first-order valence-electron chi connectivity index (χ1n) is 7.25. The number of carbonyl (C=O) groups excluding carboxylic acids is 1. The lowest BCUT2D eigenvalue weighted by Gasteiger charge is -2.30. The molecule has 1 amide bonds. The van der Waals surface area contributed by atoms with Gasteiger partial charge in [0.25, 0.3) is 0 Å². The van der Waals surface area contributed by atoms with Crippen molar-refractivity contribution in [3.8, 4) is 11.5 Å². The third-order valence-electron chi connectivity index (χ3n) is 3.60. The van der Waals surface area contributed by atoms with Gasteiger partial charge in [-0.3, -0.25) is 4.79 Å². The fraction of sp³-hybridized carbons (Fsp3) is 0.312. The Balaban J connectivity index is 1.64. The Morgan fingerprint density at radius 2 is 2.09 bits per heavy atom. The lowest BCUT2D eigenvalue weighted by molar-refractivity contribution is -0.159. The highest BCUT2D eigenvalue weighted by Crippen LogP contribution is 2.18. The lowest BCUT2D eigenvalue weighted by atomic mass is 10.2. The molecule has 2 heterocycles. The summed E-state index contributed by atoms with van der Waals surface area (Å²) in [6.45, 7) is 0.653. The van der Waals surface area contributed by atoms with E-state index in [0.29, 0.717) is 18.1 Å². The Bertz CT molecular complexity index is 698. The Morgan fingerprint density at radius 1 is 1.30 bits per heavy atom. The van der Waals surface area contributed by atoms with Crippen LogP contribution < -0.4 is 0 Å². The Hall–Kier alpha value is -2.67. The number of benzene rings is 1. The predicted octanol–water partition coefficient (Wildman–Crippen LogP) is 1.20. The van der Waals surface area contributed by atoms with Gasteiger partial charge in [-0.1, -0.05) is 18.2 Å². The van der Waals surface area contributed by atoms with E-state index in [9.17, 15) is 9.59 Å². The summed E-state index contributed by atoms with van der Waals surface area (Å²) in [6.07, 6.45) is 0.558. The van der Waals surface area contributed by atoms with Gasteiger partial charge in [0.1, 0.15) is 6.26 Å². The van der Waals surface area contributed by atoms with Crippen LogP contribution in [0.3, 0.4) is 0 Å². The summed E-state index contributed by atoms with van der Waals surface area (Å²) in [6, 6.07) is 9.40. The van der Waals surface area contributed by atoms with Crippen molar-refractivity contribution in [3.05, 3.63) is 42.3 Å². The maximum Gasteiger partial charge on any atom is 0.334 e. The SMILES string of the molecule is O=C(O)[C@@H]1CN(C(=O)Cc2coc(-c3ccccc3)n2)CCO1. The first-order valence-corrected chi connectivity index (χ1v) is 7.25. The molecule has 120 valence electrons. The second-order valence-corrected chi connectivity index (χ2v) is 5.22. The molecule has 0 radical (unpaired) electrons. The van der Waals surface area contributed by atoms with Crippen molar-refractivity contribution in [2.45, 2.75) is 12.5 Å². The van der Waals surface area contributed by atoms with E-state index in [0.717, 1.165) is 5.56 Å². The summed E-state index contributed by atoms with van der Waals surface area (Å²) >= 11 is 0. The molecule has 1 fully saturated rings. The first-order chi connectivity index (χ1) is 11.1. The van der Waals surface area contributed by atoms with Gasteiger partial charge in [0, 0.05) is 12.1 Å². The molecule has 1 N–H and O–H groups in total. The summed E-state index contributed by atoms with van der Waals surface area (Å²) in [5.41, 5.74) is 1.36. The third kappa shape index (κ3) is 3.57. The number of rotatable bonds is 4. The van der Waals surface area contributed by atoms with E-state index in [1.807, 2.05) is 30.3 Å². The summed E-state index contributed by atoms with van der Waals surface area (Å²) < 4.78 is 10.5. The number of hydrogen-bond acceptors (Lipinski definition) is 5. The van der Waals surface area contributed by atoms with Crippen LogP contribution in [0, 0.1) is 0 Å². The summed E-state index contributed by atoms with van der Waals surface area (Å²) in [4.78, 5) is 29.0. The van der Waals surface area contributed by atoms with Crippen molar-refractivity contribution >= 4 is 11.9 Å². The van der Waals surface area contributed by atoms with Crippen LogP contribution in [0.25, 0.3) is 11.5 Å². The standard InChI is InChI=1S/C16H16N2O5/c19-14(18-6-7-22-13(9-18)16(20)21)8-12-10-23-15(17-12)11-4-2-1-3-5-11/h1-5,10,13H,6-9H2,(H,20,21)/t13-/m0/s1. The van der Waals surface area contributed by atoms with Crippen LogP contribution in [0.15, 0.2) is 41.0 Å². The van der Waals surface area contributed by atoms with Crippen LogP contribution in [0.5, 0.6) is 0 Å². The molecule has 1 atom stereocenters. The molecule has 1 aliphatic heterocycles. The van der Waals surface area contributed by atoms with Crippen molar-refractivity contribution in [1.29, 1.82) is 0 Å². The zero-order valence-corrected chi connectivity index (χ0v) is 12.3. The van der Waals surface area contributed by atoms with Gasteiger partial charge in [0.15, 0.2) is 6.10 Å². The molecule has 1 saturated heterocycles. The molecule has 1 aliphatic rings. The molecule has 1 aromatic heterocycles. The average Bonchev–Trinajstić information content (AvgIpc) is 3.04. The van der Waals surface area contributed by atoms with Crippen molar-refractivity contribution < 1.29 is 23.8 Å². The number of hydrogen-bond donors (Lipinski definition) is 1. The zero-order valence-electron chi connectivity index (χ0n) is 12.3. The maximum absolute atomic E-state index is 12.3. The van der Waals surface area contributed by atoms with Gasteiger partial charge in [-0.25, -0.2) is 9.78 Å². The highest BCUT2D eigenvalue weighted by atomic mass is 16.5. The van der Waals surface area contributed by atoms with E-state index in [1.54, 1.807) is 0 Å². The van der Waals surface area contributed by atoms with Crippen LogP contribution in [0.2, 0.25) is 0 Å². The van der Waals surface area contributed by atoms with Crippen LogP contribution in [0.1, 0.15) is 5.69 Å². The molecule has 7 nitrogen and oxygen atoms in total. The average molecular weight is 316 g/mol. The van der Waals surface area contributed by atoms with Crippen molar-refractivity contribution in [3.63, 3.8) is 0 Å². The van der Waals surface area contributed by atoms with E-state index in [4.69, 9.17) is 14.3 Å². The number of amides is 1. The number of nitrogens with zero attached hydrogens (tertiary/aromatic N) is 2. The van der Waals surface area contributed by atoms with E-state index in [-0.39, 0.29) is 25.5 Å². The van der Waals surface area contributed by atoms with E-state index >= 15 is 0 Å². The van der Waals surface area contributed by atoms with Gasteiger partial charge in [0.05, 0.1) is 25.3 Å². The number of morpholine rings is 1. The smallest absolute Gasteiger partial charge is 0.334 e. The van der Waals surface area contributed by atoms with Crippen LogP contribution in [-0.2, 0) is 20.7 Å². The number of carboxylic acids is 1. The van der Waals surface area contributed by atoms with E-state index in [1.165, 1.54) is 11.2 Å². The Morgan fingerprint density at radius 3 is 2.83 bits per heavy atom. The number of ether oxygens (including phenoxy) is 1. The predicted molar refractivity (Wildman–Crippen MR) is 79.6 cm³/mol. The minimum atomic E-state index is -1.06. The monoisotopic (exact) mass is 316 g/mol. The molecule has 0 aliphatic carbocycles. The summed E-state index contributed by atoms with van der Waals surface area (Å²) in [5, 5.41) is 8.97. The first kappa shape index (κ1) is 15.2. The molecule has 3 rings (SSSR count). The third-order valence-corrected chi connectivity index (χ3v) is 3.60. The van der Waals surface area contributed by atoms with Gasteiger partial charge in [0.2, 0.25) is 11.8 Å². The number of carboxylic acid groups (broad SMARTS) is 1. The highest BCUT2D eigenvalue weighted by molar-refractivity contribution is 5.80. The molecule has 0 spiro atoms. The van der Waals surface area contributed by atoms with Crippen molar-refractivity contribution in [1.82, 2.24) is 9.88 Å². The molecule has 0 unspecified atom stereocenters. The fourth-order valence-electron chi connectivity index (χ4n) is 2.39. The van der Waals surface area contributed by atoms with Crippen molar-refractivity contribution in [2.75, 3.05) is 19.7 Å². The molecule has 0 saturated carbocycles. The number of oxazole rings is 1. The second-order valence-electron chi connectivity index (χ2n) is 5.22. The minimum absolute atomic E-state index is 0.0531. The van der Waals surface area contributed by atoms with Gasteiger partial charge in [-0.05, 0) is 12.1 Å². The van der Waals surface area contributed by atoms with Crippen LogP contribution in [0.4, 0.5) is 0 Å². The molecular formula is C16H16N2O5. The summed E-state index contributed by atoms with van der Waals surface area (Å²) in [7, 11) is 0. The number of aromatic nitrogens is 1. The van der Waals surface area contributed by atoms with Gasteiger partial charge in [-0.2, -0.15) is 0 Å². The van der Waals surface area contributed by atoms with Gasteiger partial charge < -0.3 is 19.2 Å². The van der Waals surface area contributed by atoms with Crippen molar-refractivity contribution in [2.24, 2.45) is 0 Å². The number of aliphatic carboxylic acids is 1. The number of carbonyl (C=O) groups is 2. The molecule has 2 aromatic rings. The quantitative estimate of drug-likeness (QED) is 0.911. The largest absolute Gasteiger partial charge is 0.479 e. The highest BCUT2D eigenvalue weighted by Gasteiger charge is 2.29. The normalized spacial score (nSPS) is 17.9. The zero-order chi connectivity index (χ0) is 16.2. The topological polar surface area (TPSA) is 92.9 Å². The molecule has 7 heteroatoms. The Labute approximate surface area is 132 Å². The molecule has 23 heavy (non-hydrogen) atoms. The molecule has 0 bridgehead atoms. The second kappa shape index (κ2) is 6.62. The summed E-state index contributed by atoms with van der Waals surface area (Å²) in [5.74, 6) is -0.790. The van der Waals surface area contributed by atoms with Crippen LogP contribution >= 0.6 is 0 Å². The fourth-order valence-corrected chi connectivity index (χ4v) is 2.39. The van der Waals surface area contributed by atoms with Crippen LogP contribution in [-0.4, -0.2) is 52.7 Å². The van der Waals surface area contributed by atoms with Gasteiger partial charge in [-0.15, -0.1) is 0 Å². The maximum atomic E-state index is 12.3. The van der Waals surface area contributed by atoms with E-state index < -0.39 is 12.1 Å². The lowest BCUT2D eigenvalue weighted by Crippen LogP contribution is -2.49. The Kier molecular flexibility index (Phi) is 4.38. The van der Waals surface area contributed by atoms with Gasteiger partial charge >= 0.3 is 5.97 Å². The minimum Gasteiger partial charge on any atom is -0.479 e. The molecule has 1 aromatic carbocycles. The molecular weight excluding hydrogens is 300 g/mol. The van der Waals surface area contributed by atoms with E-state index in [2.05, 4.69) is 4.98 Å².